The average Bonchev–Trinajstić information content (AvgIpc) is 3.06. The molecule has 1 aliphatic rings. The molecule has 1 N–H and O–H groups in total. The van der Waals surface area contributed by atoms with Crippen LogP contribution in [-0.2, 0) is 4.79 Å². The van der Waals surface area contributed by atoms with Crippen molar-refractivity contribution in [2.24, 2.45) is 0 Å². The molecule has 2 aromatic rings. The number of methoxy groups -OCH3 is 1. The van der Waals surface area contributed by atoms with E-state index in [1.165, 1.54) is 0 Å². The number of aromatic nitrogens is 1. The first-order valence-corrected chi connectivity index (χ1v) is 8.44. The molecule has 1 atom stereocenters. The van der Waals surface area contributed by atoms with Crippen LogP contribution in [0.2, 0.25) is 0 Å². The normalized spacial score (nSPS) is 16.5. The van der Waals surface area contributed by atoms with Gasteiger partial charge in [-0.2, -0.15) is 0 Å². The number of rotatable bonds is 5. The SMILES string of the molecule is COc1cccc(N2CCN([C@H](C)C(=O)Nc3cc(C)no3)CC2)c1. The van der Waals surface area contributed by atoms with Crippen molar-refractivity contribution in [2.45, 2.75) is 19.9 Å². The zero-order valence-electron chi connectivity index (χ0n) is 14.9. The monoisotopic (exact) mass is 344 g/mol. The van der Waals surface area contributed by atoms with Gasteiger partial charge in [0, 0.05) is 44.0 Å². The molecule has 0 unspecified atom stereocenters. The fraction of sp³-hybridized carbons (Fsp3) is 0.444. The Labute approximate surface area is 147 Å². The standard InChI is InChI=1S/C18H24N4O3/c1-13-11-17(25-20-13)19-18(23)14(2)21-7-9-22(10-8-21)15-5-4-6-16(12-15)24-3/h4-6,11-12,14H,7-10H2,1-3H3,(H,19,23)/t14-/m1/s1. The van der Waals surface area contributed by atoms with Crippen LogP contribution in [0.4, 0.5) is 11.6 Å². The molecule has 1 aromatic carbocycles. The topological polar surface area (TPSA) is 70.8 Å². The van der Waals surface area contributed by atoms with Crippen molar-refractivity contribution < 1.29 is 14.1 Å². The molecule has 1 saturated heterocycles. The third kappa shape index (κ3) is 4.11. The van der Waals surface area contributed by atoms with Gasteiger partial charge in [-0.3, -0.25) is 15.0 Å². The van der Waals surface area contributed by atoms with Crippen molar-refractivity contribution in [1.82, 2.24) is 10.1 Å². The van der Waals surface area contributed by atoms with Gasteiger partial charge in [0.05, 0.1) is 18.8 Å². The second-order valence-electron chi connectivity index (χ2n) is 6.22. The van der Waals surface area contributed by atoms with E-state index < -0.39 is 0 Å². The van der Waals surface area contributed by atoms with Crippen molar-refractivity contribution in [2.75, 3.05) is 43.5 Å². The van der Waals surface area contributed by atoms with Gasteiger partial charge in [0.25, 0.3) is 0 Å². The molecule has 1 amide bonds. The lowest BCUT2D eigenvalue weighted by Crippen LogP contribution is -2.52. The van der Waals surface area contributed by atoms with Crippen molar-refractivity contribution in [3.05, 3.63) is 36.0 Å². The number of aryl methyl sites for hydroxylation is 1. The predicted octanol–water partition coefficient (Wildman–Crippen LogP) is 2.14. The van der Waals surface area contributed by atoms with Crippen LogP contribution in [0.1, 0.15) is 12.6 Å². The van der Waals surface area contributed by atoms with Crippen LogP contribution in [0.15, 0.2) is 34.9 Å². The molecule has 3 rings (SSSR count). The Morgan fingerprint density at radius 3 is 2.68 bits per heavy atom. The quantitative estimate of drug-likeness (QED) is 0.896. The molecule has 25 heavy (non-hydrogen) atoms. The van der Waals surface area contributed by atoms with Crippen LogP contribution >= 0.6 is 0 Å². The highest BCUT2D eigenvalue weighted by Gasteiger charge is 2.26. The minimum absolute atomic E-state index is 0.0778. The van der Waals surface area contributed by atoms with Gasteiger partial charge in [-0.15, -0.1) is 0 Å². The first kappa shape index (κ1) is 17.3. The van der Waals surface area contributed by atoms with E-state index in [0.29, 0.717) is 5.88 Å². The van der Waals surface area contributed by atoms with Crippen LogP contribution < -0.4 is 15.0 Å². The first-order valence-electron chi connectivity index (χ1n) is 8.44. The Hall–Kier alpha value is -2.54. The Morgan fingerprint density at radius 2 is 2.04 bits per heavy atom. The van der Waals surface area contributed by atoms with Gasteiger partial charge in [0.2, 0.25) is 11.8 Å². The maximum Gasteiger partial charge on any atom is 0.243 e. The smallest absolute Gasteiger partial charge is 0.243 e. The third-order valence-electron chi connectivity index (χ3n) is 4.53. The zero-order chi connectivity index (χ0) is 17.8. The Bertz CT molecular complexity index is 723. The van der Waals surface area contributed by atoms with Crippen LogP contribution in [0.25, 0.3) is 0 Å². The van der Waals surface area contributed by atoms with Gasteiger partial charge < -0.3 is 14.2 Å². The first-order chi connectivity index (χ1) is 12.1. The summed E-state index contributed by atoms with van der Waals surface area (Å²) < 4.78 is 10.3. The lowest BCUT2D eigenvalue weighted by atomic mass is 10.2. The summed E-state index contributed by atoms with van der Waals surface area (Å²) in [7, 11) is 1.67. The number of ether oxygens (including phenoxy) is 1. The largest absolute Gasteiger partial charge is 0.497 e. The van der Waals surface area contributed by atoms with E-state index in [1.54, 1.807) is 13.2 Å². The van der Waals surface area contributed by atoms with Gasteiger partial charge in [-0.25, -0.2) is 0 Å². The molecule has 1 aromatic heterocycles. The number of piperazine rings is 1. The van der Waals surface area contributed by atoms with Crippen LogP contribution in [-0.4, -0.2) is 55.3 Å². The van der Waals surface area contributed by atoms with Gasteiger partial charge in [-0.1, -0.05) is 11.2 Å². The summed E-state index contributed by atoms with van der Waals surface area (Å²) in [5.74, 6) is 1.17. The molecule has 134 valence electrons. The van der Waals surface area contributed by atoms with E-state index in [-0.39, 0.29) is 11.9 Å². The maximum atomic E-state index is 12.4. The highest BCUT2D eigenvalue weighted by Crippen LogP contribution is 2.22. The highest BCUT2D eigenvalue weighted by molar-refractivity contribution is 5.93. The van der Waals surface area contributed by atoms with Crippen molar-refractivity contribution in [1.29, 1.82) is 0 Å². The minimum atomic E-state index is -0.224. The summed E-state index contributed by atoms with van der Waals surface area (Å²) in [6, 6.07) is 9.55. The fourth-order valence-electron chi connectivity index (χ4n) is 2.99. The third-order valence-corrected chi connectivity index (χ3v) is 4.53. The van der Waals surface area contributed by atoms with Crippen LogP contribution in [0.3, 0.4) is 0 Å². The molecule has 7 heteroatoms. The van der Waals surface area contributed by atoms with E-state index in [2.05, 4.69) is 26.3 Å². The number of carbonyl (C=O) groups is 1. The van der Waals surface area contributed by atoms with Crippen molar-refractivity contribution >= 4 is 17.5 Å². The Kier molecular flexibility index (Phi) is 5.23. The minimum Gasteiger partial charge on any atom is -0.497 e. The van der Waals surface area contributed by atoms with E-state index in [4.69, 9.17) is 9.26 Å². The number of amides is 1. The number of hydrogen-bond acceptors (Lipinski definition) is 6. The number of anilines is 2. The van der Waals surface area contributed by atoms with Crippen LogP contribution in [0.5, 0.6) is 5.75 Å². The molecule has 1 fully saturated rings. The molecule has 2 heterocycles. The second kappa shape index (κ2) is 7.57. The Balaban J connectivity index is 1.55. The summed E-state index contributed by atoms with van der Waals surface area (Å²) in [6.45, 7) is 7.11. The van der Waals surface area contributed by atoms with E-state index in [9.17, 15) is 4.79 Å². The molecule has 0 spiro atoms. The molecule has 7 nitrogen and oxygen atoms in total. The van der Waals surface area contributed by atoms with Gasteiger partial charge >= 0.3 is 0 Å². The number of benzene rings is 1. The van der Waals surface area contributed by atoms with Crippen LogP contribution in [0, 0.1) is 6.92 Å². The zero-order valence-corrected chi connectivity index (χ0v) is 14.9. The lowest BCUT2D eigenvalue weighted by molar-refractivity contribution is -0.121. The average molecular weight is 344 g/mol. The maximum absolute atomic E-state index is 12.4. The highest BCUT2D eigenvalue weighted by atomic mass is 16.5. The number of carbonyl (C=O) groups excluding carboxylic acids is 1. The van der Waals surface area contributed by atoms with Gasteiger partial charge in [0.15, 0.2) is 0 Å². The molecule has 0 radical (unpaired) electrons. The molecular weight excluding hydrogens is 320 g/mol. The molecule has 0 bridgehead atoms. The summed E-state index contributed by atoms with van der Waals surface area (Å²) in [5, 5.41) is 6.56. The van der Waals surface area contributed by atoms with Crippen molar-refractivity contribution in [3.63, 3.8) is 0 Å². The molecule has 0 aliphatic carbocycles. The van der Waals surface area contributed by atoms with Crippen molar-refractivity contribution in [3.8, 4) is 5.75 Å². The number of nitrogens with zero attached hydrogens (tertiary/aromatic N) is 3. The lowest BCUT2D eigenvalue weighted by Gasteiger charge is -2.38. The summed E-state index contributed by atoms with van der Waals surface area (Å²) in [6.07, 6.45) is 0. The second-order valence-corrected chi connectivity index (χ2v) is 6.22. The molecule has 0 saturated carbocycles. The number of hydrogen-bond donors (Lipinski definition) is 1. The van der Waals surface area contributed by atoms with E-state index >= 15 is 0 Å². The summed E-state index contributed by atoms with van der Waals surface area (Å²) >= 11 is 0. The van der Waals surface area contributed by atoms with Gasteiger partial charge in [-0.05, 0) is 26.0 Å². The predicted molar refractivity (Wildman–Crippen MR) is 96.1 cm³/mol. The van der Waals surface area contributed by atoms with Gasteiger partial charge in [0.1, 0.15) is 5.75 Å². The summed E-state index contributed by atoms with van der Waals surface area (Å²) in [5.41, 5.74) is 1.89. The molecule has 1 aliphatic heterocycles. The summed E-state index contributed by atoms with van der Waals surface area (Å²) in [4.78, 5) is 16.9. The Morgan fingerprint density at radius 1 is 1.28 bits per heavy atom. The van der Waals surface area contributed by atoms with E-state index in [0.717, 1.165) is 43.3 Å². The molecular formula is C18H24N4O3. The number of nitrogens with one attached hydrogen (secondary N) is 1. The fourth-order valence-corrected chi connectivity index (χ4v) is 2.99. The van der Waals surface area contributed by atoms with E-state index in [1.807, 2.05) is 32.0 Å².